The Morgan fingerprint density at radius 3 is 2.87 bits per heavy atom. The number of hydrogen-bond donors (Lipinski definition) is 4. The van der Waals surface area contributed by atoms with Gasteiger partial charge in [-0.2, -0.15) is 0 Å². The third kappa shape index (κ3) is 8.11. The van der Waals surface area contributed by atoms with Gasteiger partial charge < -0.3 is 20.4 Å². The van der Waals surface area contributed by atoms with Crippen LogP contribution >= 0.6 is 0 Å². The van der Waals surface area contributed by atoms with Crippen molar-refractivity contribution >= 4 is 23.7 Å². The Kier molecular flexibility index (Phi) is 12.4. The number of amidine groups is 1. The van der Waals surface area contributed by atoms with Gasteiger partial charge in [-0.3, -0.25) is 20.6 Å². The topological polar surface area (TPSA) is 108 Å². The predicted molar refractivity (Wildman–Crippen MR) is 160 cm³/mol. The van der Waals surface area contributed by atoms with Crippen molar-refractivity contribution in [1.82, 2.24) is 25.4 Å². The van der Waals surface area contributed by atoms with Gasteiger partial charge in [0.25, 0.3) is 0 Å². The third-order valence-electron chi connectivity index (χ3n) is 6.42. The zero-order valence-corrected chi connectivity index (χ0v) is 23.6. The average Bonchev–Trinajstić information content (AvgIpc) is 2.95. The van der Waals surface area contributed by atoms with Gasteiger partial charge in [-0.15, -0.1) is 0 Å². The van der Waals surface area contributed by atoms with E-state index in [1.54, 1.807) is 29.5 Å². The van der Waals surface area contributed by atoms with Gasteiger partial charge in [0.05, 0.1) is 6.34 Å². The molecule has 0 bridgehead atoms. The van der Waals surface area contributed by atoms with Gasteiger partial charge in [-0.1, -0.05) is 39.0 Å². The molecule has 1 aromatic heterocycles. The largest absolute Gasteiger partial charge is 0.376 e. The fourth-order valence-corrected chi connectivity index (χ4v) is 4.07. The van der Waals surface area contributed by atoms with Crippen LogP contribution in [0.15, 0.2) is 66.7 Å². The Balaban J connectivity index is 0.00000248. The zero-order chi connectivity index (χ0) is 28.1. The predicted octanol–water partition coefficient (Wildman–Crippen LogP) is 5.03. The Bertz CT molecular complexity index is 1140. The summed E-state index contributed by atoms with van der Waals surface area (Å²) in [7, 11) is 2.11. The van der Waals surface area contributed by atoms with Crippen molar-refractivity contribution in [3.63, 3.8) is 0 Å². The Morgan fingerprint density at radius 2 is 2.18 bits per heavy atom. The molecule has 0 spiro atoms. The van der Waals surface area contributed by atoms with Crippen molar-refractivity contribution in [3.8, 4) is 0 Å². The number of likely N-dealkylation sites (N-methyl/N-ethyl adjacent to an activating group) is 1. The molecule has 0 radical (unpaired) electrons. The second kappa shape index (κ2) is 15.5. The van der Waals surface area contributed by atoms with E-state index >= 15 is 0 Å². The number of amides is 1. The molecule has 0 aliphatic carbocycles. The quantitative estimate of drug-likeness (QED) is 0.208. The molecule has 1 aromatic rings. The lowest BCUT2D eigenvalue weighted by Gasteiger charge is -2.26. The molecule has 206 valence electrons. The van der Waals surface area contributed by atoms with E-state index in [9.17, 15) is 4.79 Å². The lowest BCUT2D eigenvalue weighted by Crippen LogP contribution is -2.40. The molecular weight excluding hydrogens is 474 g/mol. The second-order valence-corrected chi connectivity index (χ2v) is 9.05. The van der Waals surface area contributed by atoms with Gasteiger partial charge in [0, 0.05) is 56.2 Å². The summed E-state index contributed by atoms with van der Waals surface area (Å²) in [4.78, 5) is 21.5. The van der Waals surface area contributed by atoms with Gasteiger partial charge in [0.15, 0.2) is 0 Å². The van der Waals surface area contributed by atoms with Gasteiger partial charge in [-0.05, 0) is 68.9 Å². The lowest BCUT2D eigenvalue weighted by molar-refractivity contribution is -0.120. The molecule has 0 fully saturated rings. The van der Waals surface area contributed by atoms with Crippen molar-refractivity contribution in [2.24, 2.45) is 0 Å². The number of nitrogens with zero attached hydrogens (tertiary/aromatic N) is 3. The van der Waals surface area contributed by atoms with E-state index in [4.69, 9.17) is 10.8 Å². The lowest BCUT2D eigenvalue weighted by atomic mass is 9.98. The number of dihydropyridines is 1. The van der Waals surface area contributed by atoms with Crippen LogP contribution in [0, 0.1) is 10.8 Å². The summed E-state index contributed by atoms with van der Waals surface area (Å²) in [6.45, 7) is 11.8. The monoisotopic (exact) mass is 519 g/mol. The minimum atomic E-state index is -0.533. The number of carbonyl (C=O) groups excluding carboxylic acids is 1. The van der Waals surface area contributed by atoms with Crippen molar-refractivity contribution < 1.29 is 6.22 Å². The van der Waals surface area contributed by atoms with E-state index in [0.29, 0.717) is 5.57 Å². The summed E-state index contributed by atoms with van der Waals surface area (Å²) in [5.41, 5.74) is 4.92. The number of pyridine rings is 1. The van der Waals surface area contributed by atoms with Crippen LogP contribution in [0.3, 0.4) is 0 Å². The van der Waals surface area contributed by atoms with Gasteiger partial charge in [0.2, 0.25) is 5.91 Å². The summed E-state index contributed by atoms with van der Waals surface area (Å²) in [6, 6.07) is 1.66. The Labute approximate surface area is 229 Å². The molecule has 0 aromatic carbocycles. The van der Waals surface area contributed by atoms with Crippen LogP contribution in [0.2, 0.25) is 0 Å². The molecule has 0 saturated heterocycles. The average molecular weight is 520 g/mol. The van der Waals surface area contributed by atoms with Gasteiger partial charge >= 0.3 is 0 Å². The van der Waals surface area contributed by atoms with Crippen molar-refractivity contribution in [2.45, 2.75) is 66.1 Å². The van der Waals surface area contributed by atoms with Crippen LogP contribution < -0.4 is 10.6 Å². The molecule has 2 unspecified atom stereocenters. The molecule has 38 heavy (non-hydrogen) atoms. The van der Waals surface area contributed by atoms with Crippen LogP contribution in [0.25, 0.3) is 5.57 Å². The Hall–Kier alpha value is -3.78. The molecule has 2 aliphatic rings. The highest BCUT2D eigenvalue weighted by molar-refractivity contribution is 6.04. The number of allylic oxidation sites excluding steroid dienone is 5. The first-order valence-electron chi connectivity index (χ1n) is 13.4. The standard InChI is InChI=1S/C28H37N7O.C2H6.H2/c1-5-7-8-21(27(30)35(19-29)20(3)6-2)9-13-32-28(36)26-16-22(10-12-31-26)23-15-24-18-34(4)14-11-25(24)33-17-23;1-2;/h5,7-10,12-13,15-17,19-20,26,29-31H,6,11,14,18H2,1-4H3,(H,32,36);1-2H3;1H/b7-5-,13-9+,21-8+,29-19?,30-27?;;. The van der Waals surface area contributed by atoms with Crippen LogP contribution in [0.1, 0.15) is 59.3 Å². The summed E-state index contributed by atoms with van der Waals surface area (Å²) in [5, 5.41) is 22.2. The van der Waals surface area contributed by atoms with E-state index in [1.807, 2.05) is 65.1 Å². The van der Waals surface area contributed by atoms with Crippen molar-refractivity contribution in [2.75, 3.05) is 13.6 Å². The molecule has 2 atom stereocenters. The number of nitrogens with one attached hydrogen (secondary N) is 4. The maximum Gasteiger partial charge on any atom is 0.250 e. The summed E-state index contributed by atoms with van der Waals surface area (Å²) < 4.78 is 0. The van der Waals surface area contributed by atoms with E-state index in [1.165, 1.54) is 11.9 Å². The van der Waals surface area contributed by atoms with Gasteiger partial charge in [0.1, 0.15) is 11.9 Å². The molecule has 4 N–H and O–H groups in total. The zero-order valence-electron chi connectivity index (χ0n) is 23.6. The third-order valence-corrected chi connectivity index (χ3v) is 6.42. The molecular formula is C30H45N7O. The van der Waals surface area contributed by atoms with Crippen molar-refractivity contribution in [1.29, 1.82) is 10.8 Å². The maximum atomic E-state index is 12.9. The van der Waals surface area contributed by atoms with E-state index in [2.05, 4.69) is 33.6 Å². The first-order valence-corrected chi connectivity index (χ1v) is 13.4. The number of fused-ring (bicyclic) bond motifs is 1. The highest BCUT2D eigenvalue weighted by atomic mass is 16.2. The maximum absolute atomic E-state index is 12.9. The molecule has 3 rings (SSSR count). The molecule has 0 saturated carbocycles. The first-order chi connectivity index (χ1) is 18.4. The number of carbonyl (C=O) groups is 1. The van der Waals surface area contributed by atoms with E-state index in [-0.39, 0.29) is 19.2 Å². The van der Waals surface area contributed by atoms with Crippen LogP contribution in [-0.4, -0.2) is 58.5 Å². The number of aromatic nitrogens is 1. The second-order valence-electron chi connectivity index (χ2n) is 9.05. The number of hydrogen-bond acceptors (Lipinski definition) is 6. The Morgan fingerprint density at radius 1 is 1.42 bits per heavy atom. The molecule has 8 heteroatoms. The molecule has 3 heterocycles. The summed E-state index contributed by atoms with van der Waals surface area (Å²) >= 11 is 0. The molecule has 2 aliphatic heterocycles. The van der Waals surface area contributed by atoms with Crippen LogP contribution in [-0.2, 0) is 17.8 Å². The SMILES string of the molecule is CC.C\C=C/C=C(\C=C\NC(=O)C1C=C(c2cnc3c(c2)CN(C)CC3)C=CN1)C(=N)N(C=N)C(C)CC.[HH]. The van der Waals surface area contributed by atoms with Gasteiger partial charge in [-0.25, -0.2) is 0 Å². The number of rotatable bonds is 9. The first kappa shape index (κ1) is 30.4. The van der Waals surface area contributed by atoms with Crippen molar-refractivity contribution in [3.05, 3.63) is 83.5 Å². The van der Waals surface area contributed by atoms with Crippen LogP contribution in [0.5, 0.6) is 0 Å². The smallest absolute Gasteiger partial charge is 0.250 e. The fourth-order valence-electron chi connectivity index (χ4n) is 4.07. The normalized spacial score (nSPS) is 18.1. The highest BCUT2D eigenvalue weighted by Gasteiger charge is 2.20. The molecule has 1 amide bonds. The van der Waals surface area contributed by atoms with E-state index < -0.39 is 6.04 Å². The summed E-state index contributed by atoms with van der Waals surface area (Å²) in [6.07, 6.45) is 19.2. The summed E-state index contributed by atoms with van der Waals surface area (Å²) in [5.74, 6) is -0.00378. The molecule has 8 nitrogen and oxygen atoms in total. The van der Waals surface area contributed by atoms with Crippen LogP contribution in [0.4, 0.5) is 0 Å². The van der Waals surface area contributed by atoms with E-state index in [0.717, 1.165) is 42.8 Å². The highest BCUT2D eigenvalue weighted by Crippen LogP contribution is 2.24. The fraction of sp³-hybridized carbons (Fsp3) is 0.400. The minimum Gasteiger partial charge on any atom is -0.376 e. The minimum absolute atomic E-state index is 0.